The highest BCUT2D eigenvalue weighted by Gasteiger charge is 2.09. The monoisotopic (exact) mass is 228 g/mol. The minimum Gasteiger partial charge on any atom is -0.272 e. The summed E-state index contributed by atoms with van der Waals surface area (Å²) >= 11 is 0. The molecule has 0 bridgehead atoms. The molecule has 1 aliphatic rings. The van der Waals surface area contributed by atoms with E-state index in [2.05, 4.69) is 27.3 Å². The van der Waals surface area contributed by atoms with E-state index in [9.17, 15) is 0 Å². The lowest BCUT2D eigenvalue weighted by Crippen LogP contribution is -2.02. The van der Waals surface area contributed by atoms with Gasteiger partial charge in [0.1, 0.15) is 6.33 Å². The van der Waals surface area contributed by atoms with Crippen LogP contribution in [0, 0.1) is 5.92 Å². The van der Waals surface area contributed by atoms with Gasteiger partial charge in [0, 0.05) is 18.0 Å². The largest absolute Gasteiger partial charge is 0.272 e. The molecule has 4 nitrogen and oxygen atoms in total. The van der Waals surface area contributed by atoms with Crippen LogP contribution in [0.1, 0.15) is 37.7 Å². The second-order valence-corrected chi connectivity index (χ2v) is 4.68. The highest BCUT2D eigenvalue weighted by atomic mass is 15.3. The lowest BCUT2D eigenvalue weighted by molar-refractivity contribution is 0.420. The molecule has 0 N–H and O–H groups in total. The van der Waals surface area contributed by atoms with Gasteiger partial charge in [0.2, 0.25) is 0 Å². The van der Waals surface area contributed by atoms with Crippen molar-refractivity contribution in [3.8, 4) is 0 Å². The van der Waals surface area contributed by atoms with E-state index in [0.29, 0.717) is 5.78 Å². The third-order valence-corrected chi connectivity index (χ3v) is 3.38. The average Bonchev–Trinajstić information content (AvgIpc) is 2.85. The Hall–Kier alpha value is -1.71. The first kappa shape index (κ1) is 10.4. The van der Waals surface area contributed by atoms with Gasteiger partial charge >= 0.3 is 0 Å². The number of aromatic nitrogens is 4. The quantitative estimate of drug-likeness (QED) is 0.793. The molecular formula is C13H16N4. The molecule has 2 aromatic rings. The van der Waals surface area contributed by atoms with Gasteiger partial charge in [-0.3, -0.25) is 4.40 Å². The standard InChI is InChI=1S/C13H16N4/c1-2-4-11(5-3-1)6-7-12-8-14-13-16-15-10-17(13)9-12/h6-11H,1-5H2. The highest BCUT2D eigenvalue weighted by molar-refractivity contribution is 5.48. The first-order chi connectivity index (χ1) is 8.42. The number of nitrogens with zero attached hydrogens (tertiary/aromatic N) is 4. The van der Waals surface area contributed by atoms with Crippen LogP contribution in [-0.4, -0.2) is 19.6 Å². The first-order valence-electron chi connectivity index (χ1n) is 6.25. The Morgan fingerprint density at radius 1 is 1.24 bits per heavy atom. The first-order valence-corrected chi connectivity index (χ1v) is 6.25. The summed E-state index contributed by atoms with van der Waals surface area (Å²) < 4.78 is 1.85. The Morgan fingerprint density at radius 2 is 2.12 bits per heavy atom. The molecule has 2 heterocycles. The Labute approximate surface area is 100 Å². The molecule has 0 atom stereocenters. The van der Waals surface area contributed by atoms with Crippen LogP contribution in [0.5, 0.6) is 0 Å². The Kier molecular flexibility index (Phi) is 2.86. The van der Waals surface area contributed by atoms with Crippen molar-refractivity contribution in [1.29, 1.82) is 0 Å². The summed E-state index contributed by atoms with van der Waals surface area (Å²) in [5.41, 5.74) is 1.11. The number of fused-ring (bicyclic) bond motifs is 1. The molecule has 2 aromatic heterocycles. The maximum Gasteiger partial charge on any atom is 0.254 e. The number of allylic oxidation sites excluding steroid dienone is 1. The van der Waals surface area contributed by atoms with E-state index in [1.807, 2.05) is 16.8 Å². The maximum absolute atomic E-state index is 4.24. The summed E-state index contributed by atoms with van der Waals surface area (Å²) in [7, 11) is 0. The number of rotatable bonds is 2. The topological polar surface area (TPSA) is 43.1 Å². The van der Waals surface area contributed by atoms with Crippen LogP contribution in [0.3, 0.4) is 0 Å². The SMILES string of the molecule is C(=CC1CCCCC1)c1cnc2nncn2c1. The van der Waals surface area contributed by atoms with E-state index in [1.54, 1.807) is 6.33 Å². The molecule has 88 valence electrons. The summed E-state index contributed by atoms with van der Waals surface area (Å²) in [6.07, 6.45) is 16.9. The molecule has 1 fully saturated rings. The summed E-state index contributed by atoms with van der Waals surface area (Å²) in [6.45, 7) is 0. The van der Waals surface area contributed by atoms with Gasteiger partial charge in [-0.1, -0.05) is 31.4 Å². The summed E-state index contributed by atoms with van der Waals surface area (Å²) in [5, 5.41) is 7.71. The van der Waals surface area contributed by atoms with Crippen LogP contribution in [0.15, 0.2) is 24.8 Å². The van der Waals surface area contributed by atoms with Gasteiger partial charge in [0.15, 0.2) is 0 Å². The maximum atomic E-state index is 4.24. The van der Waals surface area contributed by atoms with Crippen LogP contribution >= 0.6 is 0 Å². The summed E-state index contributed by atoms with van der Waals surface area (Å²) in [5.74, 6) is 1.40. The number of hydrogen-bond acceptors (Lipinski definition) is 3. The second-order valence-electron chi connectivity index (χ2n) is 4.68. The van der Waals surface area contributed by atoms with Crippen molar-refractivity contribution in [2.24, 2.45) is 5.92 Å². The van der Waals surface area contributed by atoms with Crippen molar-refractivity contribution in [1.82, 2.24) is 19.6 Å². The van der Waals surface area contributed by atoms with E-state index < -0.39 is 0 Å². The second kappa shape index (κ2) is 4.65. The summed E-state index contributed by atoms with van der Waals surface area (Å²) in [4.78, 5) is 4.24. The van der Waals surface area contributed by atoms with Gasteiger partial charge < -0.3 is 0 Å². The molecule has 0 amide bonds. The van der Waals surface area contributed by atoms with E-state index in [-0.39, 0.29) is 0 Å². The lowest BCUT2D eigenvalue weighted by Gasteiger charge is -2.17. The van der Waals surface area contributed by atoms with Crippen LogP contribution in [0.25, 0.3) is 11.9 Å². The lowest BCUT2D eigenvalue weighted by atomic mass is 9.89. The van der Waals surface area contributed by atoms with E-state index in [1.165, 1.54) is 32.1 Å². The van der Waals surface area contributed by atoms with Gasteiger partial charge in [0.05, 0.1) is 0 Å². The smallest absolute Gasteiger partial charge is 0.254 e. The zero-order chi connectivity index (χ0) is 11.5. The van der Waals surface area contributed by atoms with Crippen molar-refractivity contribution in [2.75, 3.05) is 0 Å². The third-order valence-electron chi connectivity index (χ3n) is 3.38. The minimum absolute atomic E-state index is 0.653. The van der Waals surface area contributed by atoms with Gasteiger partial charge in [-0.05, 0) is 18.8 Å². The van der Waals surface area contributed by atoms with Crippen LogP contribution in [0.4, 0.5) is 0 Å². The Morgan fingerprint density at radius 3 is 3.00 bits per heavy atom. The van der Waals surface area contributed by atoms with E-state index in [0.717, 1.165) is 11.5 Å². The molecule has 1 saturated carbocycles. The van der Waals surface area contributed by atoms with Gasteiger partial charge in [-0.2, -0.15) is 0 Å². The molecule has 0 saturated heterocycles. The van der Waals surface area contributed by atoms with Gasteiger partial charge in [0.25, 0.3) is 5.78 Å². The van der Waals surface area contributed by atoms with Crippen LogP contribution in [-0.2, 0) is 0 Å². The van der Waals surface area contributed by atoms with Gasteiger partial charge in [-0.25, -0.2) is 4.98 Å². The Bertz CT molecular complexity index is 523. The normalized spacial score (nSPS) is 18.1. The van der Waals surface area contributed by atoms with Crippen molar-refractivity contribution in [3.63, 3.8) is 0 Å². The predicted octanol–water partition coefficient (Wildman–Crippen LogP) is 2.72. The molecule has 0 aliphatic heterocycles. The molecule has 17 heavy (non-hydrogen) atoms. The van der Waals surface area contributed by atoms with Crippen molar-refractivity contribution in [3.05, 3.63) is 30.4 Å². The highest BCUT2D eigenvalue weighted by Crippen LogP contribution is 2.25. The fraction of sp³-hybridized carbons (Fsp3) is 0.462. The molecule has 3 rings (SSSR count). The average molecular weight is 228 g/mol. The molecule has 0 spiro atoms. The van der Waals surface area contributed by atoms with E-state index >= 15 is 0 Å². The zero-order valence-electron chi connectivity index (χ0n) is 9.79. The number of hydrogen-bond donors (Lipinski definition) is 0. The third kappa shape index (κ3) is 2.35. The van der Waals surface area contributed by atoms with Crippen LogP contribution < -0.4 is 0 Å². The Balaban J connectivity index is 1.76. The van der Waals surface area contributed by atoms with Crippen molar-refractivity contribution in [2.45, 2.75) is 32.1 Å². The van der Waals surface area contributed by atoms with Gasteiger partial charge in [-0.15, -0.1) is 10.2 Å². The zero-order valence-corrected chi connectivity index (χ0v) is 9.79. The molecular weight excluding hydrogens is 212 g/mol. The molecule has 4 heteroatoms. The molecule has 0 aromatic carbocycles. The fourth-order valence-electron chi connectivity index (χ4n) is 2.41. The predicted molar refractivity (Wildman–Crippen MR) is 66.4 cm³/mol. The minimum atomic E-state index is 0.653. The van der Waals surface area contributed by atoms with E-state index in [4.69, 9.17) is 0 Å². The van der Waals surface area contributed by atoms with Crippen molar-refractivity contribution >= 4 is 11.9 Å². The summed E-state index contributed by atoms with van der Waals surface area (Å²) in [6, 6.07) is 0. The van der Waals surface area contributed by atoms with Crippen LogP contribution in [0.2, 0.25) is 0 Å². The molecule has 0 radical (unpaired) electrons. The fourth-order valence-corrected chi connectivity index (χ4v) is 2.41. The molecule has 0 unspecified atom stereocenters. The molecule has 1 aliphatic carbocycles. The van der Waals surface area contributed by atoms with Crippen molar-refractivity contribution < 1.29 is 0 Å².